The first kappa shape index (κ1) is 19.0. The van der Waals surface area contributed by atoms with Crippen LogP contribution in [0.5, 0.6) is 5.75 Å². The molecular formula is C19H25N5O3. The second-order valence-corrected chi connectivity index (χ2v) is 6.74. The molecule has 2 aromatic heterocycles. The van der Waals surface area contributed by atoms with E-state index in [2.05, 4.69) is 21.5 Å². The Morgan fingerprint density at radius 3 is 2.81 bits per heavy atom. The average molecular weight is 371 g/mol. The maximum atomic E-state index is 11.7. The number of aryl methyl sites for hydroxylation is 1. The molecule has 0 radical (unpaired) electrons. The first-order valence-electron chi connectivity index (χ1n) is 9.49. The Morgan fingerprint density at radius 2 is 2.15 bits per heavy atom. The maximum Gasteiger partial charge on any atom is 0.513 e. The lowest BCUT2D eigenvalue weighted by atomic mass is 9.83. The van der Waals surface area contributed by atoms with Crippen LogP contribution < -0.4 is 10.1 Å². The van der Waals surface area contributed by atoms with Crippen LogP contribution in [0.4, 0.5) is 10.6 Å². The second-order valence-electron chi connectivity index (χ2n) is 6.74. The fourth-order valence-electron chi connectivity index (χ4n) is 3.58. The molecule has 0 unspecified atom stereocenters. The highest BCUT2D eigenvalue weighted by molar-refractivity contribution is 5.77. The van der Waals surface area contributed by atoms with Crippen LogP contribution in [0.2, 0.25) is 0 Å². The molecule has 8 nitrogen and oxygen atoms in total. The predicted molar refractivity (Wildman–Crippen MR) is 99.6 cm³/mol. The summed E-state index contributed by atoms with van der Waals surface area (Å²) in [4.78, 5) is 16.1. The molecule has 1 N–H and O–H groups in total. The van der Waals surface area contributed by atoms with E-state index in [-0.39, 0.29) is 12.5 Å². The lowest BCUT2D eigenvalue weighted by Crippen LogP contribution is -2.21. The third kappa shape index (κ3) is 4.30. The number of rotatable bonds is 6. The van der Waals surface area contributed by atoms with E-state index in [9.17, 15) is 4.79 Å². The van der Waals surface area contributed by atoms with Gasteiger partial charge in [0.25, 0.3) is 0 Å². The van der Waals surface area contributed by atoms with E-state index < -0.39 is 6.16 Å². The fourth-order valence-corrected chi connectivity index (χ4v) is 3.58. The summed E-state index contributed by atoms with van der Waals surface area (Å²) >= 11 is 0. The van der Waals surface area contributed by atoms with E-state index in [1.165, 1.54) is 6.33 Å². The summed E-state index contributed by atoms with van der Waals surface area (Å²) in [5.41, 5.74) is 1.67. The standard InChI is InChI=1S/C19H25N5O3/c1-3-15-16(27-19(25)26-4-2)11-24-17(15)18(22-12-23-24)21-10-14-7-5-13(9-20)6-8-14/h11-14H,3-8,10H2,1-2H3,(H,21,22,23). The highest BCUT2D eigenvalue weighted by Crippen LogP contribution is 2.32. The van der Waals surface area contributed by atoms with Crippen LogP contribution in [0.1, 0.15) is 45.1 Å². The number of anilines is 1. The zero-order valence-electron chi connectivity index (χ0n) is 15.8. The van der Waals surface area contributed by atoms with Gasteiger partial charge in [-0.05, 0) is 44.9 Å². The number of nitriles is 1. The molecule has 144 valence electrons. The number of nitrogens with one attached hydrogen (secondary N) is 1. The summed E-state index contributed by atoms with van der Waals surface area (Å²) in [7, 11) is 0. The van der Waals surface area contributed by atoms with Gasteiger partial charge in [0.1, 0.15) is 11.8 Å². The van der Waals surface area contributed by atoms with E-state index >= 15 is 0 Å². The number of fused-ring (bicyclic) bond motifs is 1. The van der Waals surface area contributed by atoms with Crippen LogP contribution in [-0.4, -0.2) is 33.9 Å². The Hall–Kier alpha value is -2.82. The largest absolute Gasteiger partial charge is 0.513 e. The molecule has 0 saturated heterocycles. The van der Waals surface area contributed by atoms with Crippen molar-refractivity contribution < 1.29 is 14.3 Å². The normalized spacial score (nSPS) is 19.4. The SMILES string of the molecule is CCOC(=O)Oc1cn2ncnc(NCC3CCC(C#N)CC3)c2c1CC. The molecule has 2 heterocycles. The minimum Gasteiger partial charge on any atom is -0.434 e. The zero-order valence-corrected chi connectivity index (χ0v) is 15.8. The molecule has 1 fully saturated rings. The summed E-state index contributed by atoms with van der Waals surface area (Å²) in [6.07, 6.45) is 7.12. The maximum absolute atomic E-state index is 11.7. The molecule has 0 atom stereocenters. The number of hydrogen-bond donors (Lipinski definition) is 1. The molecule has 8 heteroatoms. The van der Waals surface area contributed by atoms with Crippen LogP contribution in [0, 0.1) is 23.2 Å². The van der Waals surface area contributed by atoms with E-state index in [0.717, 1.165) is 49.1 Å². The van der Waals surface area contributed by atoms with Gasteiger partial charge in [-0.2, -0.15) is 10.4 Å². The van der Waals surface area contributed by atoms with Crippen molar-refractivity contribution in [1.29, 1.82) is 5.26 Å². The molecule has 0 aliphatic heterocycles. The van der Waals surface area contributed by atoms with Gasteiger partial charge in [0.15, 0.2) is 11.6 Å². The minimum atomic E-state index is -0.722. The Kier molecular flexibility index (Phi) is 6.12. The summed E-state index contributed by atoms with van der Waals surface area (Å²) in [6.45, 7) is 4.78. The van der Waals surface area contributed by atoms with Crippen LogP contribution >= 0.6 is 0 Å². The van der Waals surface area contributed by atoms with Crippen molar-refractivity contribution in [2.45, 2.75) is 46.0 Å². The molecule has 1 aliphatic rings. The topological polar surface area (TPSA) is 102 Å². The van der Waals surface area contributed by atoms with Crippen molar-refractivity contribution in [3.8, 4) is 11.8 Å². The fraction of sp³-hybridized carbons (Fsp3) is 0.579. The van der Waals surface area contributed by atoms with Gasteiger partial charge in [0.2, 0.25) is 0 Å². The summed E-state index contributed by atoms with van der Waals surface area (Å²) in [5, 5.41) is 16.7. The van der Waals surface area contributed by atoms with Gasteiger partial charge in [-0.3, -0.25) is 0 Å². The Bertz CT molecular complexity index is 834. The lowest BCUT2D eigenvalue weighted by Gasteiger charge is -2.25. The van der Waals surface area contributed by atoms with E-state index in [4.69, 9.17) is 14.7 Å². The Labute approximate surface area is 158 Å². The third-order valence-electron chi connectivity index (χ3n) is 5.04. The van der Waals surface area contributed by atoms with E-state index in [1.807, 2.05) is 6.92 Å². The van der Waals surface area contributed by atoms with Crippen LogP contribution in [0.3, 0.4) is 0 Å². The van der Waals surface area contributed by atoms with Crippen LogP contribution in [-0.2, 0) is 11.2 Å². The van der Waals surface area contributed by atoms with Crippen molar-refractivity contribution in [3.63, 3.8) is 0 Å². The Morgan fingerprint density at radius 1 is 1.37 bits per heavy atom. The number of nitrogens with zero attached hydrogens (tertiary/aromatic N) is 4. The number of carbonyl (C=O) groups is 1. The molecule has 0 aromatic carbocycles. The molecule has 1 saturated carbocycles. The van der Waals surface area contributed by atoms with Gasteiger partial charge in [0, 0.05) is 18.0 Å². The quantitative estimate of drug-likeness (QED) is 0.774. The van der Waals surface area contributed by atoms with Gasteiger partial charge in [-0.25, -0.2) is 14.3 Å². The van der Waals surface area contributed by atoms with Gasteiger partial charge in [-0.15, -0.1) is 0 Å². The lowest BCUT2D eigenvalue weighted by molar-refractivity contribution is 0.104. The molecule has 0 bridgehead atoms. The van der Waals surface area contributed by atoms with Gasteiger partial charge >= 0.3 is 6.16 Å². The predicted octanol–water partition coefficient (Wildman–Crippen LogP) is 3.57. The minimum absolute atomic E-state index is 0.201. The molecule has 0 amide bonds. The number of hydrogen-bond acceptors (Lipinski definition) is 7. The summed E-state index contributed by atoms with van der Waals surface area (Å²) in [5.74, 6) is 1.89. The molecule has 3 rings (SSSR count). The van der Waals surface area contributed by atoms with Crippen molar-refractivity contribution in [3.05, 3.63) is 18.1 Å². The monoisotopic (exact) mass is 371 g/mol. The Balaban J connectivity index is 1.76. The van der Waals surface area contributed by atoms with Crippen molar-refractivity contribution >= 4 is 17.5 Å². The highest BCUT2D eigenvalue weighted by atomic mass is 16.7. The zero-order chi connectivity index (χ0) is 19.2. The van der Waals surface area contributed by atoms with Gasteiger partial charge in [-0.1, -0.05) is 6.92 Å². The number of aromatic nitrogens is 3. The molecule has 0 spiro atoms. The number of carbonyl (C=O) groups excluding carboxylic acids is 1. The van der Waals surface area contributed by atoms with Crippen LogP contribution in [0.15, 0.2) is 12.5 Å². The summed E-state index contributed by atoms with van der Waals surface area (Å²) in [6, 6.07) is 2.37. The van der Waals surface area contributed by atoms with Gasteiger partial charge < -0.3 is 14.8 Å². The molecule has 27 heavy (non-hydrogen) atoms. The van der Waals surface area contributed by atoms with Gasteiger partial charge in [0.05, 0.1) is 18.9 Å². The summed E-state index contributed by atoms with van der Waals surface area (Å²) < 4.78 is 11.9. The average Bonchev–Trinajstić information content (AvgIpc) is 3.04. The number of ether oxygens (including phenoxy) is 2. The van der Waals surface area contributed by atoms with Crippen molar-refractivity contribution in [1.82, 2.24) is 14.6 Å². The highest BCUT2D eigenvalue weighted by Gasteiger charge is 2.22. The molecule has 2 aromatic rings. The first-order chi connectivity index (χ1) is 13.2. The molecular weight excluding hydrogens is 346 g/mol. The van der Waals surface area contributed by atoms with Crippen LogP contribution in [0.25, 0.3) is 5.52 Å². The third-order valence-corrected chi connectivity index (χ3v) is 5.04. The van der Waals surface area contributed by atoms with E-state index in [0.29, 0.717) is 18.1 Å². The van der Waals surface area contributed by atoms with Crippen molar-refractivity contribution in [2.24, 2.45) is 11.8 Å². The first-order valence-corrected chi connectivity index (χ1v) is 9.49. The van der Waals surface area contributed by atoms with E-state index in [1.54, 1.807) is 17.6 Å². The van der Waals surface area contributed by atoms with Crippen molar-refractivity contribution in [2.75, 3.05) is 18.5 Å². The second kappa shape index (κ2) is 8.71. The smallest absolute Gasteiger partial charge is 0.434 e. The molecule has 1 aliphatic carbocycles.